The molecule has 0 N–H and O–H groups in total. The molecule has 0 aliphatic heterocycles. The number of benzene rings is 1. The van der Waals surface area contributed by atoms with Gasteiger partial charge in [0, 0.05) is 19.0 Å². The van der Waals surface area contributed by atoms with E-state index in [9.17, 15) is 4.79 Å². The molecule has 7 heteroatoms. The Kier molecular flexibility index (Phi) is 3.66. The van der Waals surface area contributed by atoms with Gasteiger partial charge in [0.15, 0.2) is 0 Å². The number of aromatic nitrogens is 3. The molecule has 0 saturated heterocycles. The summed E-state index contributed by atoms with van der Waals surface area (Å²) in [4.78, 5) is 18.2. The summed E-state index contributed by atoms with van der Waals surface area (Å²) < 4.78 is 4.67. The Hall–Kier alpha value is -2.28. The van der Waals surface area contributed by atoms with E-state index in [-0.39, 0.29) is 5.91 Å². The van der Waals surface area contributed by atoms with Crippen molar-refractivity contribution >= 4 is 28.3 Å². The highest BCUT2D eigenvalue weighted by molar-refractivity contribution is 7.09. The van der Waals surface area contributed by atoms with Crippen LogP contribution >= 0.6 is 11.3 Å². The number of hydrogen-bond donors (Lipinski definition) is 0. The summed E-state index contributed by atoms with van der Waals surface area (Å²) in [5.41, 5.74) is 3.23. The molecule has 0 aliphatic carbocycles. The maximum Gasteiger partial charge on any atom is 0.228 e. The van der Waals surface area contributed by atoms with Crippen molar-refractivity contribution in [3.05, 3.63) is 39.8 Å². The van der Waals surface area contributed by atoms with Crippen LogP contribution in [-0.2, 0) is 17.8 Å². The zero-order valence-corrected chi connectivity index (χ0v) is 12.6. The predicted molar refractivity (Wildman–Crippen MR) is 78.8 cm³/mol. The lowest BCUT2D eigenvalue weighted by Crippen LogP contribution is -2.27. The van der Waals surface area contributed by atoms with Crippen molar-refractivity contribution in [2.45, 2.75) is 19.9 Å². The predicted octanol–water partition coefficient (Wildman–Crippen LogP) is 2.19. The maximum absolute atomic E-state index is 12.2. The Balaban J connectivity index is 1.67. The minimum absolute atomic E-state index is 0.0404. The first-order chi connectivity index (χ1) is 10.1. The maximum atomic E-state index is 12.2. The number of hydrogen-bond acceptors (Lipinski definition) is 6. The molecular weight excluding hydrogens is 288 g/mol. The molecule has 0 spiro atoms. The van der Waals surface area contributed by atoms with Crippen LogP contribution in [-0.4, -0.2) is 33.2 Å². The molecule has 0 saturated carbocycles. The number of fused-ring (bicyclic) bond motifs is 1. The van der Waals surface area contributed by atoms with Gasteiger partial charge in [0.1, 0.15) is 11.0 Å². The average Bonchev–Trinajstić information content (AvgIpc) is 3.07. The molecule has 1 aromatic carbocycles. The SMILES string of the molecule is Cc1nc(CC(=O)N(C)Cc2ccc3nonc3c2)cs1. The van der Waals surface area contributed by atoms with Crippen molar-refractivity contribution in [3.8, 4) is 0 Å². The van der Waals surface area contributed by atoms with Gasteiger partial charge in [-0.3, -0.25) is 4.79 Å². The number of rotatable bonds is 4. The standard InChI is InChI=1S/C14H14N4O2S/c1-9-15-11(8-21-9)6-14(19)18(2)7-10-3-4-12-13(5-10)17-20-16-12/h3-5,8H,6-7H2,1-2H3. The summed E-state index contributed by atoms with van der Waals surface area (Å²) >= 11 is 1.56. The second kappa shape index (κ2) is 5.61. The first-order valence-electron chi connectivity index (χ1n) is 6.48. The van der Waals surface area contributed by atoms with E-state index in [1.54, 1.807) is 23.3 Å². The molecule has 1 amide bonds. The molecule has 0 aliphatic rings. The Bertz CT molecular complexity index is 780. The summed E-state index contributed by atoms with van der Waals surface area (Å²) in [5.74, 6) is 0.0404. The molecule has 0 bridgehead atoms. The number of carbonyl (C=O) groups excluding carboxylic acids is 1. The van der Waals surface area contributed by atoms with Gasteiger partial charge in [-0.25, -0.2) is 9.61 Å². The van der Waals surface area contributed by atoms with Gasteiger partial charge in [0.2, 0.25) is 5.91 Å². The van der Waals surface area contributed by atoms with Gasteiger partial charge in [0.25, 0.3) is 0 Å². The fourth-order valence-corrected chi connectivity index (χ4v) is 2.68. The monoisotopic (exact) mass is 302 g/mol. The molecule has 3 aromatic rings. The van der Waals surface area contributed by atoms with E-state index in [1.807, 2.05) is 30.5 Å². The van der Waals surface area contributed by atoms with Crippen molar-refractivity contribution in [2.24, 2.45) is 0 Å². The van der Waals surface area contributed by atoms with Crippen LogP contribution in [0.2, 0.25) is 0 Å². The fraction of sp³-hybridized carbons (Fsp3) is 0.286. The number of nitrogens with zero attached hydrogens (tertiary/aromatic N) is 4. The minimum atomic E-state index is 0.0404. The molecule has 3 rings (SSSR count). The Morgan fingerprint density at radius 1 is 1.33 bits per heavy atom. The molecule has 108 valence electrons. The van der Waals surface area contributed by atoms with E-state index in [2.05, 4.69) is 19.9 Å². The van der Waals surface area contributed by atoms with Crippen LogP contribution in [0.1, 0.15) is 16.3 Å². The van der Waals surface area contributed by atoms with Gasteiger partial charge in [-0.05, 0) is 34.9 Å². The van der Waals surface area contributed by atoms with Crippen LogP contribution in [0.25, 0.3) is 11.0 Å². The normalized spacial score (nSPS) is 11.0. The quantitative estimate of drug-likeness (QED) is 0.738. The molecule has 2 aromatic heterocycles. The first kappa shape index (κ1) is 13.7. The Morgan fingerprint density at radius 2 is 2.14 bits per heavy atom. The number of carbonyl (C=O) groups is 1. The van der Waals surface area contributed by atoms with Gasteiger partial charge in [-0.1, -0.05) is 6.07 Å². The summed E-state index contributed by atoms with van der Waals surface area (Å²) in [6.45, 7) is 2.45. The van der Waals surface area contributed by atoms with Crippen molar-refractivity contribution in [1.29, 1.82) is 0 Å². The molecule has 0 atom stereocenters. The fourth-order valence-electron chi connectivity index (χ4n) is 2.07. The highest BCUT2D eigenvalue weighted by atomic mass is 32.1. The van der Waals surface area contributed by atoms with Crippen LogP contribution in [0.5, 0.6) is 0 Å². The van der Waals surface area contributed by atoms with Crippen molar-refractivity contribution < 1.29 is 9.42 Å². The van der Waals surface area contributed by atoms with Gasteiger partial charge >= 0.3 is 0 Å². The van der Waals surface area contributed by atoms with Crippen LogP contribution in [0.3, 0.4) is 0 Å². The minimum Gasteiger partial charge on any atom is -0.341 e. The van der Waals surface area contributed by atoms with E-state index in [4.69, 9.17) is 0 Å². The van der Waals surface area contributed by atoms with E-state index < -0.39 is 0 Å². The van der Waals surface area contributed by atoms with Crippen molar-refractivity contribution in [3.63, 3.8) is 0 Å². The molecular formula is C14H14N4O2S. The highest BCUT2D eigenvalue weighted by Gasteiger charge is 2.12. The van der Waals surface area contributed by atoms with Gasteiger partial charge in [0.05, 0.1) is 17.1 Å². The number of amides is 1. The van der Waals surface area contributed by atoms with Gasteiger partial charge in [-0.2, -0.15) is 0 Å². The zero-order valence-electron chi connectivity index (χ0n) is 11.7. The average molecular weight is 302 g/mol. The lowest BCUT2D eigenvalue weighted by molar-refractivity contribution is -0.129. The van der Waals surface area contributed by atoms with Gasteiger partial charge < -0.3 is 4.90 Å². The molecule has 21 heavy (non-hydrogen) atoms. The Labute approximate surface area is 125 Å². The lowest BCUT2D eigenvalue weighted by atomic mass is 10.2. The molecule has 0 fully saturated rings. The largest absolute Gasteiger partial charge is 0.341 e. The third-order valence-electron chi connectivity index (χ3n) is 3.16. The van der Waals surface area contributed by atoms with Crippen LogP contribution in [0.4, 0.5) is 0 Å². The third kappa shape index (κ3) is 3.08. The van der Waals surface area contributed by atoms with Crippen molar-refractivity contribution in [1.82, 2.24) is 20.2 Å². The van der Waals surface area contributed by atoms with Crippen LogP contribution < -0.4 is 0 Å². The smallest absolute Gasteiger partial charge is 0.228 e. The topological polar surface area (TPSA) is 72.1 Å². The summed E-state index contributed by atoms with van der Waals surface area (Å²) in [5, 5.41) is 10.5. The number of aryl methyl sites for hydroxylation is 1. The molecule has 6 nitrogen and oxygen atoms in total. The lowest BCUT2D eigenvalue weighted by Gasteiger charge is -2.16. The van der Waals surface area contributed by atoms with E-state index >= 15 is 0 Å². The van der Waals surface area contributed by atoms with E-state index in [0.29, 0.717) is 24.0 Å². The van der Waals surface area contributed by atoms with Crippen molar-refractivity contribution in [2.75, 3.05) is 7.05 Å². The number of thiazole rings is 1. The summed E-state index contributed by atoms with van der Waals surface area (Å²) in [6.07, 6.45) is 0.328. The number of likely N-dealkylation sites (N-methyl/N-ethyl adjacent to an activating group) is 1. The second-order valence-electron chi connectivity index (χ2n) is 4.87. The molecule has 0 radical (unpaired) electrons. The zero-order chi connectivity index (χ0) is 14.8. The highest BCUT2D eigenvalue weighted by Crippen LogP contribution is 2.14. The van der Waals surface area contributed by atoms with Gasteiger partial charge in [-0.15, -0.1) is 11.3 Å². The van der Waals surface area contributed by atoms with Crippen LogP contribution in [0.15, 0.2) is 28.2 Å². The molecule has 0 unspecified atom stereocenters. The Morgan fingerprint density at radius 3 is 2.90 bits per heavy atom. The second-order valence-corrected chi connectivity index (χ2v) is 5.93. The summed E-state index contributed by atoms with van der Waals surface area (Å²) in [7, 11) is 1.78. The molecule has 2 heterocycles. The van der Waals surface area contributed by atoms with E-state index in [0.717, 1.165) is 16.3 Å². The third-order valence-corrected chi connectivity index (χ3v) is 3.98. The first-order valence-corrected chi connectivity index (χ1v) is 7.36. The van der Waals surface area contributed by atoms with E-state index in [1.165, 1.54) is 0 Å². The summed E-state index contributed by atoms with van der Waals surface area (Å²) in [6, 6.07) is 5.63. The van der Waals surface area contributed by atoms with Crippen LogP contribution in [0, 0.1) is 6.92 Å².